The van der Waals surface area contributed by atoms with Crippen molar-refractivity contribution in [2.75, 3.05) is 13.7 Å². The number of nitrogens with one attached hydrogen (secondary N) is 2. The summed E-state index contributed by atoms with van der Waals surface area (Å²) in [5.74, 6) is 0.606. The van der Waals surface area contributed by atoms with Crippen molar-refractivity contribution >= 4 is 17.1 Å². The highest BCUT2D eigenvalue weighted by Crippen LogP contribution is 2.17. The number of rotatable bonds is 7. The lowest BCUT2D eigenvalue weighted by molar-refractivity contribution is 0.0954. The third-order valence-corrected chi connectivity index (χ3v) is 5.16. The molecule has 0 atom stereocenters. The molecule has 0 bridgehead atoms. The van der Waals surface area contributed by atoms with E-state index in [1.165, 1.54) is 4.57 Å². The number of fused-ring (bicyclic) bond motifs is 1. The normalized spacial score (nSPS) is 10.8. The van der Waals surface area contributed by atoms with E-state index in [0.717, 1.165) is 16.9 Å². The summed E-state index contributed by atoms with van der Waals surface area (Å²) in [6, 6.07) is 18.0. The highest BCUT2D eigenvalue weighted by Gasteiger charge is 2.10. The van der Waals surface area contributed by atoms with Crippen LogP contribution in [0, 0.1) is 0 Å². The van der Waals surface area contributed by atoms with Crippen LogP contribution in [0.25, 0.3) is 11.2 Å². The van der Waals surface area contributed by atoms with Crippen molar-refractivity contribution in [1.82, 2.24) is 19.9 Å². The van der Waals surface area contributed by atoms with Gasteiger partial charge in [0.05, 0.1) is 19.2 Å². The lowest BCUT2D eigenvalue weighted by atomic mass is 10.1. The van der Waals surface area contributed by atoms with Gasteiger partial charge in [0.1, 0.15) is 5.75 Å². The van der Waals surface area contributed by atoms with Gasteiger partial charge in [0.2, 0.25) is 0 Å². The minimum Gasteiger partial charge on any atom is -0.496 e. The van der Waals surface area contributed by atoms with Crippen LogP contribution < -0.4 is 21.2 Å². The molecule has 2 aromatic heterocycles. The molecule has 32 heavy (non-hydrogen) atoms. The molecule has 1 amide bonds. The predicted molar refractivity (Wildman–Crippen MR) is 121 cm³/mol. The van der Waals surface area contributed by atoms with Crippen molar-refractivity contribution in [3.8, 4) is 5.75 Å². The number of H-pyrrole nitrogens is 1. The summed E-state index contributed by atoms with van der Waals surface area (Å²) in [6.45, 7) is 0.646. The van der Waals surface area contributed by atoms with Gasteiger partial charge in [-0.1, -0.05) is 30.3 Å². The second kappa shape index (κ2) is 9.30. The van der Waals surface area contributed by atoms with Crippen LogP contribution in [0.4, 0.5) is 0 Å². The van der Waals surface area contributed by atoms with Crippen molar-refractivity contribution in [2.45, 2.75) is 13.0 Å². The van der Waals surface area contributed by atoms with E-state index >= 15 is 0 Å². The third-order valence-electron chi connectivity index (χ3n) is 5.16. The zero-order valence-electron chi connectivity index (χ0n) is 17.5. The first-order valence-electron chi connectivity index (χ1n) is 10.1. The Kier molecular flexibility index (Phi) is 6.12. The number of aromatic amines is 1. The van der Waals surface area contributed by atoms with E-state index in [1.807, 2.05) is 24.3 Å². The quantitative estimate of drug-likeness (QED) is 0.437. The number of para-hydroxylation sites is 1. The van der Waals surface area contributed by atoms with Gasteiger partial charge in [0.15, 0.2) is 5.65 Å². The van der Waals surface area contributed by atoms with Crippen LogP contribution in [-0.4, -0.2) is 34.1 Å². The number of methoxy groups -OCH3 is 1. The fourth-order valence-electron chi connectivity index (χ4n) is 3.52. The minimum atomic E-state index is -0.698. The zero-order chi connectivity index (χ0) is 22.5. The molecule has 0 unspecified atom stereocenters. The molecule has 4 aromatic rings. The molecular weight excluding hydrogens is 408 g/mol. The van der Waals surface area contributed by atoms with Crippen molar-refractivity contribution in [2.24, 2.45) is 0 Å². The average molecular weight is 430 g/mol. The smallest absolute Gasteiger partial charge is 0.318 e. The first-order chi connectivity index (χ1) is 15.6. The number of amides is 1. The van der Waals surface area contributed by atoms with Crippen LogP contribution in [0.15, 0.2) is 76.4 Å². The van der Waals surface area contributed by atoms with Crippen molar-refractivity contribution in [3.63, 3.8) is 0 Å². The predicted octanol–water partition coefficient (Wildman–Crippen LogP) is 2.11. The Morgan fingerprint density at radius 1 is 1.06 bits per heavy atom. The SMILES string of the molecule is COc1ccccc1CCNC(=O)c1ccc(Cn2c(=O)c(=O)[nH]c3cccnc32)cc1. The Morgan fingerprint density at radius 3 is 2.62 bits per heavy atom. The van der Waals surface area contributed by atoms with E-state index in [2.05, 4.69) is 15.3 Å². The van der Waals surface area contributed by atoms with Gasteiger partial charge >= 0.3 is 11.1 Å². The number of carbonyl (C=O) groups excluding carboxylic acids is 1. The largest absolute Gasteiger partial charge is 0.496 e. The fourth-order valence-corrected chi connectivity index (χ4v) is 3.52. The number of carbonyl (C=O) groups is 1. The van der Waals surface area contributed by atoms with E-state index in [0.29, 0.717) is 29.7 Å². The van der Waals surface area contributed by atoms with Crippen molar-refractivity contribution < 1.29 is 9.53 Å². The van der Waals surface area contributed by atoms with E-state index in [1.54, 1.807) is 49.7 Å². The molecular formula is C24H22N4O4. The molecule has 0 saturated carbocycles. The van der Waals surface area contributed by atoms with Gasteiger partial charge in [0, 0.05) is 18.3 Å². The van der Waals surface area contributed by atoms with Crippen molar-refractivity contribution in [1.29, 1.82) is 0 Å². The van der Waals surface area contributed by atoms with Gasteiger partial charge in [-0.25, -0.2) is 4.98 Å². The van der Waals surface area contributed by atoms with Crippen molar-refractivity contribution in [3.05, 3.63) is 104 Å². The Hall–Kier alpha value is -4.20. The molecule has 0 fully saturated rings. The van der Waals surface area contributed by atoms with Crippen LogP contribution in [0.3, 0.4) is 0 Å². The molecule has 0 aliphatic heterocycles. The van der Waals surface area contributed by atoms with Gasteiger partial charge in [-0.05, 0) is 47.9 Å². The summed E-state index contributed by atoms with van der Waals surface area (Å²) in [7, 11) is 1.62. The second-order valence-corrected chi connectivity index (χ2v) is 7.23. The maximum atomic E-state index is 12.5. The first-order valence-corrected chi connectivity index (χ1v) is 10.1. The van der Waals surface area contributed by atoms with Gasteiger partial charge in [-0.2, -0.15) is 0 Å². The molecule has 0 aliphatic rings. The van der Waals surface area contributed by atoms with Gasteiger partial charge in [0.25, 0.3) is 5.91 Å². The average Bonchev–Trinajstić information content (AvgIpc) is 2.82. The Balaban J connectivity index is 1.44. The molecule has 8 nitrogen and oxygen atoms in total. The van der Waals surface area contributed by atoms with E-state index in [4.69, 9.17) is 4.74 Å². The van der Waals surface area contributed by atoms with E-state index in [-0.39, 0.29) is 12.5 Å². The number of hydrogen-bond acceptors (Lipinski definition) is 5. The van der Waals surface area contributed by atoms with E-state index in [9.17, 15) is 14.4 Å². The second-order valence-electron chi connectivity index (χ2n) is 7.23. The number of aromatic nitrogens is 3. The van der Waals surface area contributed by atoms with Crippen LogP contribution >= 0.6 is 0 Å². The first kappa shape index (κ1) is 21.0. The maximum absolute atomic E-state index is 12.5. The molecule has 4 rings (SSSR count). The summed E-state index contributed by atoms with van der Waals surface area (Å²) in [5.41, 5.74) is 1.82. The van der Waals surface area contributed by atoms with Gasteiger partial charge < -0.3 is 15.0 Å². The number of benzene rings is 2. The highest BCUT2D eigenvalue weighted by atomic mass is 16.5. The fraction of sp³-hybridized carbons (Fsp3) is 0.167. The number of ether oxygens (including phenoxy) is 1. The Labute approximate surface area is 183 Å². The minimum absolute atomic E-state index is 0.173. The Morgan fingerprint density at radius 2 is 1.84 bits per heavy atom. The number of hydrogen-bond donors (Lipinski definition) is 2. The lowest BCUT2D eigenvalue weighted by Crippen LogP contribution is -2.36. The zero-order valence-corrected chi connectivity index (χ0v) is 17.5. The number of nitrogens with zero attached hydrogens (tertiary/aromatic N) is 2. The van der Waals surface area contributed by atoms with Crippen LogP contribution in [-0.2, 0) is 13.0 Å². The molecule has 0 radical (unpaired) electrons. The molecule has 2 aromatic carbocycles. The van der Waals surface area contributed by atoms with Crippen LogP contribution in [0.2, 0.25) is 0 Å². The molecule has 2 N–H and O–H groups in total. The molecule has 8 heteroatoms. The standard InChI is InChI=1S/C24H22N4O4/c1-32-20-7-3-2-5-17(20)12-14-26-22(29)18-10-8-16(9-11-18)15-28-21-19(6-4-13-25-21)27-23(30)24(28)31/h2-11,13H,12,14-15H2,1H3,(H,26,29)(H,27,30). The summed E-state index contributed by atoms with van der Waals surface area (Å²) < 4.78 is 6.66. The lowest BCUT2D eigenvalue weighted by Gasteiger charge is -2.10. The topological polar surface area (TPSA) is 106 Å². The monoisotopic (exact) mass is 430 g/mol. The van der Waals surface area contributed by atoms with Crippen LogP contribution in [0.5, 0.6) is 5.75 Å². The molecule has 0 spiro atoms. The summed E-state index contributed by atoms with van der Waals surface area (Å²) in [6.07, 6.45) is 2.22. The summed E-state index contributed by atoms with van der Waals surface area (Å²) in [5, 5.41) is 2.90. The van der Waals surface area contributed by atoms with E-state index < -0.39 is 11.1 Å². The van der Waals surface area contributed by atoms with Crippen LogP contribution in [0.1, 0.15) is 21.5 Å². The maximum Gasteiger partial charge on any atom is 0.318 e. The van der Waals surface area contributed by atoms with Gasteiger partial charge in [-0.15, -0.1) is 0 Å². The Bertz CT molecular complexity index is 1370. The molecule has 162 valence electrons. The summed E-state index contributed by atoms with van der Waals surface area (Å²) >= 11 is 0. The van der Waals surface area contributed by atoms with Gasteiger partial charge in [-0.3, -0.25) is 19.0 Å². The summed E-state index contributed by atoms with van der Waals surface area (Å²) in [4.78, 5) is 43.5. The highest BCUT2D eigenvalue weighted by molar-refractivity contribution is 5.94. The molecule has 2 heterocycles. The molecule has 0 aliphatic carbocycles. The third kappa shape index (κ3) is 4.44. The number of pyridine rings is 1. The molecule has 0 saturated heterocycles.